The van der Waals surface area contributed by atoms with Gasteiger partial charge in [-0.25, -0.2) is 15.3 Å². The number of likely N-dealkylation sites (tertiary alicyclic amines) is 1. The van der Waals surface area contributed by atoms with Crippen molar-refractivity contribution in [3.63, 3.8) is 0 Å². The number of fused-ring (bicyclic) bond motifs is 1. The van der Waals surface area contributed by atoms with Gasteiger partial charge in [0.2, 0.25) is 0 Å². The van der Waals surface area contributed by atoms with E-state index < -0.39 is 0 Å². The van der Waals surface area contributed by atoms with E-state index in [1.807, 2.05) is 0 Å². The third-order valence-corrected chi connectivity index (χ3v) is 6.68. The molecule has 9 nitrogen and oxygen atoms in total. The van der Waals surface area contributed by atoms with Crippen molar-refractivity contribution >= 4 is 45.6 Å². The molecule has 5 rings (SSSR count). The number of halogens is 2. The molecule has 35 heavy (non-hydrogen) atoms. The topological polar surface area (TPSA) is 100 Å². The second kappa shape index (κ2) is 10.2. The van der Waals surface area contributed by atoms with Gasteiger partial charge in [-0.1, -0.05) is 35.3 Å². The maximum atomic E-state index is 6.12. The number of benzene rings is 2. The summed E-state index contributed by atoms with van der Waals surface area (Å²) in [7, 11) is 1.57. The Kier molecular flexibility index (Phi) is 6.90. The van der Waals surface area contributed by atoms with Crippen molar-refractivity contribution in [2.45, 2.75) is 32.4 Å². The minimum absolute atomic E-state index is 0.110. The molecule has 0 saturated carbocycles. The molecule has 1 fully saturated rings. The summed E-state index contributed by atoms with van der Waals surface area (Å²) in [5.74, 6) is 2.58. The summed E-state index contributed by atoms with van der Waals surface area (Å²) >= 11 is 12.1. The second-order valence-electron chi connectivity index (χ2n) is 8.05. The first-order valence-corrected chi connectivity index (χ1v) is 12.0. The van der Waals surface area contributed by atoms with Gasteiger partial charge in [0.1, 0.15) is 6.33 Å². The highest BCUT2D eigenvalue weighted by molar-refractivity contribution is 6.42. The van der Waals surface area contributed by atoms with Crippen LogP contribution >= 0.6 is 23.2 Å². The Morgan fingerprint density at radius 3 is 2.83 bits per heavy atom. The summed E-state index contributed by atoms with van der Waals surface area (Å²) < 4.78 is 17.0. The number of ether oxygens (including phenoxy) is 2. The molecule has 2 aromatic heterocycles. The predicted octanol–water partition coefficient (Wildman–Crippen LogP) is 5.63. The van der Waals surface area contributed by atoms with Gasteiger partial charge >= 0.3 is 0 Å². The van der Waals surface area contributed by atoms with Gasteiger partial charge in [-0.2, -0.15) is 4.98 Å². The number of aromatic nitrogens is 4. The standard InChI is InChI=1S/C24H23Cl2N6O3/c1-3-32-8-4-5-19(32)24-30-22(35-31-24)12-34-21-11-18-15(10-20(21)33-2)23(28-13-27-18)29-14-6-7-16(25)17(26)9-14/h6-7,9-11,13,19H,3-5,8,12H2,1-2H3/t19-/m0/s1. The molecule has 0 amide bonds. The van der Waals surface area contributed by atoms with Crippen LogP contribution in [0.4, 0.5) is 11.5 Å². The smallest absolute Gasteiger partial charge is 0.264 e. The molecule has 181 valence electrons. The van der Waals surface area contributed by atoms with Gasteiger partial charge in [-0.05, 0) is 50.2 Å². The average Bonchev–Trinajstić information content (AvgIpc) is 3.54. The normalized spacial score (nSPS) is 16.1. The molecule has 1 saturated heterocycles. The molecule has 0 aliphatic carbocycles. The number of rotatable bonds is 8. The van der Waals surface area contributed by atoms with E-state index in [-0.39, 0.29) is 12.6 Å². The molecule has 0 N–H and O–H groups in total. The lowest BCUT2D eigenvalue weighted by atomic mass is 10.2. The van der Waals surface area contributed by atoms with Crippen LogP contribution in [0.5, 0.6) is 11.5 Å². The van der Waals surface area contributed by atoms with E-state index in [0.717, 1.165) is 25.9 Å². The SMILES string of the molecule is CCN1CCC[C@H]1c1noc(COc2cc3ncnc([N]c4ccc(Cl)c(Cl)c4)c3cc2OC)n1. The van der Waals surface area contributed by atoms with Gasteiger partial charge in [0, 0.05) is 11.5 Å². The van der Waals surface area contributed by atoms with Crippen LogP contribution in [0.1, 0.15) is 37.5 Å². The fourth-order valence-corrected chi connectivity index (χ4v) is 4.48. The fourth-order valence-electron chi connectivity index (χ4n) is 4.19. The lowest BCUT2D eigenvalue weighted by Gasteiger charge is -2.18. The fraction of sp³-hybridized carbons (Fsp3) is 0.333. The van der Waals surface area contributed by atoms with E-state index >= 15 is 0 Å². The molecule has 1 aliphatic rings. The van der Waals surface area contributed by atoms with Crippen molar-refractivity contribution in [1.82, 2.24) is 30.3 Å². The second-order valence-corrected chi connectivity index (χ2v) is 8.86. The first kappa shape index (κ1) is 23.6. The minimum Gasteiger partial charge on any atom is -0.493 e. The lowest BCUT2D eigenvalue weighted by molar-refractivity contribution is 0.230. The Balaban J connectivity index is 1.36. The zero-order valence-electron chi connectivity index (χ0n) is 19.2. The molecule has 2 aromatic carbocycles. The largest absolute Gasteiger partial charge is 0.493 e. The summed E-state index contributed by atoms with van der Waals surface area (Å²) in [6, 6.07) is 8.89. The van der Waals surface area contributed by atoms with E-state index in [0.29, 0.717) is 55.7 Å². The summed E-state index contributed by atoms with van der Waals surface area (Å²) in [4.78, 5) is 15.6. The molecule has 1 aliphatic heterocycles. The van der Waals surface area contributed by atoms with Gasteiger partial charge in [-0.3, -0.25) is 4.90 Å². The number of hydrogen-bond acceptors (Lipinski definition) is 8. The third-order valence-electron chi connectivity index (χ3n) is 5.94. The Labute approximate surface area is 212 Å². The van der Waals surface area contributed by atoms with E-state index in [2.05, 4.69) is 37.2 Å². The van der Waals surface area contributed by atoms with Crippen molar-refractivity contribution in [2.24, 2.45) is 0 Å². The van der Waals surface area contributed by atoms with Gasteiger partial charge in [0.25, 0.3) is 5.89 Å². The van der Waals surface area contributed by atoms with Gasteiger partial charge in [0.05, 0.1) is 34.4 Å². The highest BCUT2D eigenvalue weighted by atomic mass is 35.5. The molecule has 11 heteroatoms. The number of hydrogen-bond donors (Lipinski definition) is 0. The van der Waals surface area contributed by atoms with Crippen LogP contribution in [-0.2, 0) is 6.61 Å². The molecule has 4 aromatic rings. The lowest BCUT2D eigenvalue weighted by Crippen LogP contribution is -2.23. The van der Waals surface area contributed by atoms with E-state index in [9.17, 15) is 0 Å². The Bertz CT molecular complexity index is 1350. The Morgan fingerprint density at radius 2 is 2.03 bits per heavy atom. The Morgan fingerprint density at radius 1 is 1.14 bits per heavy atom. The summed E-state index contributed by atoms with van der Waals surface area (Å²) in [5.41, 5.74) is 1.26. The van der Waals surface area contributed by atoms with Crippen LogP contribution < -0.4 is 14.8 Å². The zero-order valence-corrected chi connectivity index (χ0v) is 20.8. The molecular weight excluding hydrogens is 491 g/mol. The maximum Gasteiger partial charge on any atom is 0.264 e. The molecule has 0 bridgehead atoms. The summed E-state index contributed by atoms with van der Waals surface area (Å²) in [6.07, 6.45) is 3.61. The monoisotopic (exact) mass is 513 g/mol. The molecule has 0 spiro atoms. The van der Waals surface area contributed by atoms with Crippen LogP contribution in [0.15, 0.2) is 41.2 Å². The van der Waals surface area contributed by atoms with Crippen LogP contribution in [0.3, 0.4) is 0 Å². The van der Waals surface area contributed by atoms with Crippen molar-refractivity contribution in [3.05, 3.63) is 58.4 Å². The minimum atomic E-state index is 0.110. The Hall–Kier alpha value is -3.14. The van der Waals surface area contributed by atoms with E-state index in [4.69, 9.17) is 37.2 Å². The third kappa shape index (κ3) is 4.98. The van der Waals surface area contributed by atoms with Crippen molar-refractivity contribution in [1.29, 1.82) is 0 Å². The first-order chi connectivity index (χ1) is 17.1. The number of nitrogens with zero attached hydrogens (tertiary/aromatic N) is 6. The van der Waals surface area contributed by atoms with Crippen LogP contribution in [0, 0.1) is 0 Å². The maximum absolute atomic E-state index is 6.12. The molecule has 3 heterocycles. The number of methoxy groups -OCH3 is 1. The quantitative estimate of drug-likeness (QED) is 0.298. The predicted molar refractivity (Wildman–Crippen MR) is 132 cm³/mol. The van der Waals surface area contributed by atoms with E-state index in [1.165, 1.54) is 6.33 Å². The van der Waals surface area contributed by atoms with Crippen molar-refractivity contribution in [3.8, 4) is 11.5 Å². The van der Waals surface area contributed by atoms with Gasteiger partial charge < -0.3 is 14.0 Å². The summed E-state index contributed by atoms with van der Waals surface area (Å²) in [5, 5.41) is 10.3. The summed E-state index contributed by atoms with van der Waals surface area (Å²) in [6.45, 7) is 4.26. The van der Waals surface area contributed by atoms with E-state index in [1.54, 1.807) is 37.4 Å². The first-order valence-electron chi connectivity index (χ1n) is 11.2. The molecule has 0 unspecified atom stereocenters. The average molecular weight is 514 g/mol. The van der Waals surface area contributed by atoms with Crippen LogP contribution in [-0.4, -0.2) is 45.2 Å². The highest BCUT2D eigenvalue weighted by Gasteiger charge is 2.28. The van der Waals surface area contributed by atoms with Crippen LogP contribution in [0.25, 0.3) is 10.9 Å². The molecular formula is C24H23Cl2N6O3. The van der Waals surface area contributed by atoms with Gasteiger partial charge in [0.15, 0.2) is 29.7 Å². The molecule has 1 radical (unpaired) electrons. The van der Waals surface area contributed by atoms with Crippen molar-refractivity contribution < 1.29 is 14.0 Å². The highest BCUT2D eigenvalue weighted by Crippen LogP contribution is 2.36. The van der Waals surface area contributed by atoms with Crippen molar-refractivity contribution in [2.75, 3.05) is 20.2 Å². The van der Waals surface area contributed by atoms with Gasteiger partial charge in [-0.15, -0.1) is 0 Å². The zero-order chi connectivity index (χ0) is 24.4. The van der Waals surface area contributed by atoms with Crippen LogP contribution in [0.2, 0.25) is 10.0 Å². The molecule has 1 atom stereocenters.